The Morgan fingerprint density at radius 2 is 1.87 bits per heavy atom. The predicted octanol–water partition coefficient (Wildman–Crippen LogP) is 5.42. The zero-order valence-corrected chi connectivity index (χ0v) is 19.3. The third-order valence-electron chi connectivity index (χ3n) is 5.09. The second kappa shape index (κ2) is 8.30. The van der Waals surface area contributed by atoms with Gasteiger partial charge in [0.15, 0.2) is 5.65 Å². The Kier molecular flexibility index (Phi) is 5.85. The van der Waals surface area contributed by atoms with Gasteiger partial charge in [0.1, 0.15) is 22.2 Å². The van der Waals surface area contributed by atoms with Crippen LogP contribution in [0.2, 0.25) is 10.3 Å². The normalized spacial score (nSPS) is 19.6. The van der Waals surface area contributed by atoms with Gasteiger partial charge in [-0.2, -0.15) is 0 Å². The lowest BCUT2D eigenvalue weighted by molar-refractivity contribution is -0.0573. The lowest BCUT2D eigenvalue weighted by atomic mass is 10.0. The Morgan fingerprint density at radius 1 is 1.16 bits per heavy atom. The van der Waals surface area contributed by atoms with Crippen molar-refractivity contribution in [1.82, 2.24) is 19.4 Å². The van der Waals surface area contributed by atoms with Crippen molar-refractivity contribution in [2.45, 2.75) is 45.4 Å². The second-order valence-corrected chi connectivity index (χ2v) is 9.33. The molecule has 3 heterocycles. The number of hydrogen-bond acceptors (Lipinski definition) is 5. The van der Waals surface area contributed by atoms with Gasteiger partial charge in [0.25, 0.3) is 0 Å². The van der Waals surface area contributed by atoms with Crippen LogP contribution >= 0.6 is 23.2 Å². The Morgan fingerprint density at radius 3 is 2.55 bits per heavy atom. The van der Waals surface area contributed by atoms with Crippen LogP contribution in [-0.4, -0.2) is 50.4 Å². The molecule has 1 amide bonds. The maximum atomic E-state index is 12.9. The van der Waals surface area contributed by atoms with E-state index in [9.17, 15) is 4.79 Å². The van der Waals surface area contributed by atoms with E-state index in [1.807, 2.05) is 52.0 Å². The molecule has 0 saturated carbocycles. The first-order valence-corrected chi connectivity index (χ1v) is 10.8. The summed E-state index contributed by atoms with van der Waals surface area (Å²) in [5.74, 6) is 0. The number of rotatable bonds is 2. The van der Waals surface area contributed by atoms with Gasteiger partial charge in [-0.05, 0) is 51.5 Å². The van der Waals surface area contributed by atoms with Gasteiger partial charge in [-0.25, -0.2) is 14.8 Å². The number of nitrogens with zero attached hydrogens (tertiary/aromatic N) is 4. The zero-order valence-electron chi connectivity index (χ0n) is 17.8. The van der Waals surface area contributed by atoms with Crippen molar-refractivity contribution in [1.29, 1.82) is 0 Å². The van der Waals surface area contributed by atoms with E-state index < -0.39 is 5.60 Å². The molecule has 2 atom stereocenters. The van der Waals surface area contributed by atoms with Crippen LogP contribution in [0.15, 0.2) is 36.7 Å². The number of benzene rings is 1. The first-order valence-electron chi connectivity index (χ1n) is 10.0. The Labute approximate surface area is 190 Å². The number of halogens is 2. The first kappa shape index (κ1) is 21.9. The van der Waals surface area contributed by atoms with Crippen LogP contribution in [0.1, 0.15) is 39.3 Å². The van der Waals surface area contributed by atoms with E-state index in [0.717, 1.165) is 11.3 Å². The lowest BCUT2D eigenvalue weighted by Gasteiger charge is -2.41. The van der Waals surface area contributed by atoms with E-state index >= 15 is 0 Å². The summed E-state index contributed by atoms with van der Waals surface area (Å²) in [5.41, 5.74) is 1.83. The van der Waals surface area contributed by atoms with E-state index in [-0.39, 0.29) is 18.2 Å². The van der Waals surface area contributed by atoms with E-state index in [1.54, 1.807) is 15.5 Å². The number of ether oxygens (including phenoxy) is 2. The molecule has 7 nitrogen and oxygen atoms in total. The van der Waals surface area contributed by atoms with Gasteiger partial charge in [0.2, 0.25) is 0 Å². The van der Waals surface area contributed by atoms with Crippen molar-refractivity contribution >= 4 is 40.3 Å². The standard InChI is InChI=1S/C22H24Cl2N4O3/c1-13-10-30-11-17(27(13)21(29)31-22(2,3)4)14-5-7-15(8-6-14)28-18(23)9-16-19(24)25-12-26-20(16)28/h5-9,12-13,17H,10-11H2,1-4H3/t13-,17-/m0/s1. The average Bonchev–Trinajstić information content (AvgIpc) is 3.04. The van der Waals surface area contributed by atoms with Gasteiger partial charge < -0.3 is 9.47 Å². The molecule has 0 aliphatic carbocycles. The minimum absolute atomic E-state index is 0.102. The highest BCUT2D eigenvalue weighted by Gasteiger charge is 2.36. The summed E-state index contributed by atoms with van der Waals surface area (Å²) in [7, 11) is 0. The monoisotopic (exact) mass is 462 g/mol. The summed E-state index contributed by atoms with van der Waals surface area (Å²) >= 11 is 12.6. The number of amides is 1. The minimum Gasteiger partial charge on any atom is -0.444 e. The summed E-state index contributed by atoms with van der Waals surface area (Å²) in [4.78, 5) is 23.0. The molecule has 9 heteroatoms. The van der Waals surface area contributed by atoms with Crippen molar-refractivity contribution < 1.29 is 14.3 Å². The van der Waals surface area contributed by atoms with E-state index in [1.165, 1.54) is 6.33 Å². The van der Waals surface area contributed by atoms with Gasteiger partial charge in [-0.15, -0.1) is 0 Å². The molecule has 0 N–H and O–H groups in total. The molecule has 0 unspecified atom stereocenters. The van der Waals surface area contributed by atoms with E-state index in [4.69, 9.17) is 32.7 Å². The number of carbonyl (C=O) groups is 1. The molecule has 0 bridgehead atoms. The number of fused-ring (bicyclic) bond motifs is 1. The smallest absolute Gasteiger partial charge is 0.411 e. The van der Waals surface area contributed by atoms with Crippen molar-refractivity contribution in [3.63, 3.8) is 0 Å². The fourth-order valence-corrected chi connectivity index (χ4v) is 4.21. The molecule has 2 aromatic heterocycles. The highest BCUT2D eigenvalue weighted by molar-refractivity contribution is 6.36. The third kappa shape index (κ3) is 4.35. The lowest BCUT2D eigenvalue weighted by Crippen LogP contribution is -2.50. The van der Waals surface area contributed by atoms with Crippen LogP contribution in [0.25, 0.3) is 16.7 Å². The first-order chi connectivity index (χ1) is 14.7. The van der Waals surface area contributed by atoms with Gasteiger partial charge in [0.05, 0.1) is 30.7 Å². The number of hydrogen-bond donors (Lipinski definition) is 0. The maximum Gasteiger partial charge on any atom is 0.411 e. The Bertz CT molecular complexity index is 1110. The van der Waals surface area contributed by atoms with Crippen molar-refractivity contribution in [2.75, 3.05) is 13.2 Å². The third-order valence-corrected chi connectivity index (χ3v) is 5.67. The molecule has 3 aromatic rings. The molecule has 1 fully saturated rings. The van der Waals surface area contributed by atoms with Gasteiger partial charge >= 0.3 is 6.09 Å². The molecule has 4 rings (SSSR count). The molecule has 164 valence electrons. The minimum atomic E-state index is -0.571. The highest BCUT2D eigenvalue weighted by Crippen LogP contribution is 2.32. The molecule has 0 spiro atoms. The molecular weight excluding hydrogens is 439 g/mol. The van der Waals surface area contributed by atoms with Crippen LogP contribution in [-0.2, 0) is 9.47 Å². The molecule has 1 saturated heterocycles. The van der Waals surface area contributed by atoms with Crippen LogP contribution in [0, 0.1) is 0 Å². The van der Waals surface area contributed by atoms with Crippen LogP contribution in [0.5, 0.6) is 0 Å². The maximum absolute atomic E-state index is 12.9. The van der Waals surface area contributed by atoms with E-state index in [2.05, 4.69) is 9.97 Å². The summed E-state index contributed by atoms with van der Waals surface area (Å²) in [5, 5.41) is 1.52. The fraction of sp³-hybridized carbons (Fsp3) is 0.409. The molecule has 31 heavy (non-hydrogen) atoms. The van der Waals surface area contributed by atoms with Crippen LogP contribution < -0.4 is 0 Å². The number of morpholine rings is 1. The highest BCUT2D eigenvalue weighted by atomic mass is 35.5. The fourth-order valence-electron chi connectivity index (χ4n) is 3.74. The zero-order chi connectivity index (χ0) is 22.3. The van der Waals surface area contributed by atoms with Gasteiger partial charge in [-0.3, -0.25) is 9.47 Å². The van der Waals surface area contributed by atoms with Crippen LogP contribution in [0.4, 0.5) is 4.79 Å². The summed E-state index contributed by atoms with van der Waals surface area (Å²) < 4.78 is 13.2. The summed E-state index contributed by atoms with van der Waals surface area (Å²) in [6.45, 7) is 8.42. The average molecular weight is 463 g/mol. The number of aromatic nitrogens is 3. The van der Waals surface area contributed by atoms with Crippen molar-refractivity contribution in [3.05, 3.63) is 52.5 Å². The molecular formula is C22H24Cl2N4O3. The molecule has 1 aliphatic rings. The van der Waals surface area contributed by atoms with Crippen molar-refractivity contribution in [3.8, 4) is 5.69 Å². The second-order valence-electron chi connectivity index (χ2n) is 8.59. The quantitative estimate of drug-likeness (QED) is 0.475. The SMILES string of the molecule is C[C@H]1COC[C@@H](c2ccc(-n3c(Cl)cc4c(Cl)ncnc43)cc2)N1C(=O)OC(C)(C)C. The van der Waals surface area contributed by atoms with Crippen molar-refractivity contribution in [2.24, 2.45) is 0 Å². The van der Waals surface area contributed by atoms with E-state index in [0.29, 0.717) is 34.6 Å². The van der Waals surface area contributed by atoms with Gasteiger partial charge in [-0.1, -0.05) is 35.3 Å². The number of carbonyl (C=O) groups excluding carboxylic acids is 1. The van der Waals surface area contributed by atoms with Crippen LogP contribution in [0.3, 0.4) is 0 Å². The van der Waals surface area contributed by atoms with Gasteiger partial charge in [0, 0.05) is 5.69 Å². The summed E-state index contributed by atoms with van der Waals surface area (Å²) in [6, 6.07) is 9.18. The Balaban J connectivity index is 1.66. The summed E-state index contributed by atoms with van der Waals surface area (Å²) in [6.07, 6.45) is 1.06. The predicted molar refractivity (Wildman–Crippen MR) is 120 cm³/mol. The topological polar surface area (TPSA) is 69.5 Å². The molecule has 1 aliphatic heterocycles. The molecule has 0 radical (unpaired) electrons. The molecule has 1 aromatic carbocycles. The Hall–Kier alpha value is -2.35. The largest absolute Gasteiger partial charge is 0.444 e.